The predicted molar refractivity (Wildman–Crippen MR) is 77.2 cm³/mol. The van der Waals surface area contributed by atoms with Gasteiger partial charge in [-0.15, -0.1) is 0 Å². The summed E-state index contributed by atoms with van der Waals surface area (Å²) < 4.78 is 0. The highest BCUT2D eigenvalue weighted by molar-refractivity contribution is 5.80. The number of pyridine rings is 1. The van der Waals surface area contributed by atoms with E-state index >= 15 is 0 Å². The van der Waals surface area contributed by atoms with Gasteiger partial charge < -0.3 is 10.6 Å². The standard InChI is InChI=1S/C15H20N4O/c1-11-7-8-14(19-13(11)9-16)17-10-15(20)18-12-5-3-2-4-6-12/h7-8,12H,2-6,10H2,1H3,(H,17,19)(H,18,20). The predicted octanol–water partition coefficient (Wildman–Crippen LogP) is 2.12. The highest BCUT2D eigenvalue weighted by Crippen LogP contribution is 2.17. The van der Waals surface area contributed by atoms with Crippen molar-refractivity contribution in [1.29, 1.82) is 5.26 Å². The first-order chi connectivity index (χ1) is 9.69. The largest absolute Gasteiger partial charge is 0.361 e. The van der Waals surface area contributed by atoms with Crippen molar-refractivity contribution in [2.45, 2.75) is 45.1 Å². The Morgan fingerprint density at radius 1 is 1.40 bits per heavy atom. The van der Waals surface area contributed by atoms with Gasteiger partial charge in [0.1, 0.15) is 17.6 Å². The molecule has 0 aromatic carbocycles. The Morgan fingerprint density at radius 2 is 2.15 bits per heavy atom. The molecule has 2 rings (SSSR count). The number of carbonyl (C=O) groups excluding carboxylic acids is 1. The molecule has 0 radical (unpaired) electrons. The lowest BCUT2D eigenvalue weighted by Gasteiger charge is -2.22. The topological polar surface area (TPSA) is 77.8 Å². The lowest BCUT2D eigenvalue weighted by molar-refractivity contribution is -0.120. The molecule has 1 amide bonds. The molecular formula is C15H20N4O. The first kappa shape index (κ1) is 14.3. The second-order valence-electron chi connectivity index (χ2n) is 5.23. The molecular weight excluding hydrogens is 252 g/mol. The second kappa shape index (κ2) is 6.90. The van der Waals surface area contributed by atoms with E-state index in [-0.39, 0.29) is 12.5 Å². The summed E-state index contributed by atoms with van der Waals surface area (Å²) >= 11 is 0. The number of aryl methyl sites for hydroxylation is 1. The third-order valence-corrected chi connectivity index (χ3v) is 3.60. The van der Waals surface area contributed by atoms with Gasteiger partial charge in [0, 0.05) is 6.04 Å². The Labute approximate surface area is 119 Å². The fourth-order valence-electron chi connectivity index (χ4n) is 2.44. The quantitative estimate of drug-likeness (QED) is 0.880. The third kappa shape index (κ3) is 3.95. The number of anilines is 1. The number of nitrogens with zero attached hydrogens (tertiary/aromatic N) is 2. The van der Waals surface area contributed by atoms with Gasteiger partial charge in [-0.05, 0) is 31.4 Å². The Kier molecular flexibility index (Phi) is 4.94. The van der Waals surface area contributed by atoms with Gasteiger partial charge in [-0.1, -0.05) is 25.3 Å². The van der Waals surface area contributed by atoms with Crippen LogP contribution in [0, 0.1) is 18.3 Å². The van der Waals surface area contributed by atoms with Gasteiger partial charge in [0.2, 0.25) is 5.91 Å². The third-order valence-electron chi connectivity index (χ3n) is 3.60. The monoisotopic (exact) mass is 272 g/mol. The second-order valence-corrected chi connectivity index (χ2v) is 5.23. The van der Waals surface area contributed by atoms with E-state index in [9.17, 15) is 4.79 Å². The van der Waals surface area contributed by atoms with Crippen molar-refractivity contribution in [1.82, 2.24) is 10.3 Å². The van der Waals surface area contributed by atoms with E-state index in [1.807, 2.05) is 19.1 Å². The van der Waals surface area contributed by atoms with Crippen molar-refractivity contribution in [3.63, 3.8) is 0 Å². The SMILES string of the molecule is Cc1ccc(NCC(=O)NC2CCCCC2)nc1C#N. The highest BCUT2D eigenvalue weighted by atomic mass is 16.1. The van der Waals surface area contributed by atoms with E-state index in [0.717, 1.165) is 18.4 Å². The zero-order valence-electron chi connectivity index (χ0n) is 11.8. The van der Waals surface area contributed by atoms with Gasteiger partial charge in [0.15, 0.2) is 0 Å². The van der Waals surface area contributed by atoms with E-state index in [1.54, 1.807) is 6.07 Å². The number of hydrogen-bond acceptors (Lipinski definition) is 4. The van der Waals surface area contributed by atoms with Crippen molar-refractivity contribution >= 4 is 11.7 Å². The zero-order valence-corrected chi connectivity index (χ0v) is 11.8. The average molecular weight is 272 g/mol. The van der Waals surface area contributed by atoms with E-state index in [2.05, 4.69) is 15.6 Å². The van der Waals surface area contributed by atoms with Crippen LogP contribution in [-0.4, -0.2) is 23.5 Å². The van der Waals surface area contributed by atoms with Crippen LogP contribution in [0.1, 0.15) is 43.4 Å². The molecule has 1 aliphatic carbocycles. The van der Waals surface area contributed by atoms with E-state index in [1.165, 1.54) is 19.3 Å². The maximum Gasteiger partial charge on any atom is 0.239 e. The van der Waals surface area contributed by atoms with Gasteiger partial charge in [0.05, 0.1) is 6.54 Å². The van der Waals surface area contributed by atoms with E-state index in [4.69, 9.17) is 5.26 Å². The molecule has 1 heterocycles. The molecule has 0 spiro atoms. The van der Waals surface area contributed by atoms with Crippen molar-refractivity contribution in [2.75, 3.05) is 11.9 Å². The van der Waals surface area contributed by atoms with E-state index < -0.39 is 0 Å². The number of nitrogens with one attached hydrogen (secondary N) is 2. The van der Waals surface area contributed by atoms with Crippen molar-refractivity contribution < 1.29 is 4.79 Å². The Hall–Kier alpha value is -2.09. The first-order valence-electron chi connectivity index (χ1n) is 7.10. The lowest BCUT2D eigenvalue weighted by atomic mass is 9.95. The molecule has 0 aliphatic heterocycles. The normalized spacial score (nSPS) is 15.4. The minimum atomic E-state index is -0.0159. The van der Waals surface area contributed by atoms with Gasteiger partial charge in [0.25, 0.3) is 0 Å². The lowest BCUT2D eigenvalue weighted by Crippen LogP contribution is -2.39. The van der Waals surface area contributed by atoms with Crippen LogP contribution in [0.4, 0.5) is 5.82 Å². The fourth-order valence-corrected chi connectivity index (χ4v) is 2.44. The summed E-state index contributed by atoms with van der Waals surface area (Å²) in [5.74, 6) is 0.545. The average Bonchev–Trinajstić information content (AvgIpc) is 2.47. The number of nitriles is 1. The number of hydrogen-bond donors (Lipinski definition) is 2. The number of aromatic nitrogens is 1. The molecule has 0 bridgehead atoms. The zero-order chi connectivity index (χ0) is 14.4. The maximum atomic E-state index is 11.8. The molecule has 1 fully saturated rings. The van der Waals surface area contributed by atoms with Crippen molar-refractivity contribution in [3.05, 3.63) is 23.4 Å². The summed E-state index contributed by atoms with van der Waals surface area (Å²) in [6.07, 6.45) is 5.82. The van der Waals surface area contributed by atoms with E-state index in [0.29, 0.717) is 17.6 Å². The summed E-state index contributed by atoms with van der Waals surface area (Å²) in [4.78, 5) is 16.0. The smallest absolute Gasteiger partial charge is 0.239 e. The minimum Gasteiger partial charge on any atom is -0.361 e. The molecule has 1 aromatic heterocycles. The van der Waals surface area contributed by atoms with Gasteiger partial charge >= 0.3 is 0 Å². The summed E-state index contributed by atoms with van der Waals surface area (Å²) in [7, 11) is 0. The molecule has 1 saturated carbocycles. The molecule has 5 heteroatoms. The highest BCUT2D eigenvalue weighted by Gasteiger charge is 2.15. The van der Waals surface area contributed by atoms with Gasteiger partial charge in [-0.25, -0.2) is 4.98 Å². The summed E-state index contributed by atoms with van der Waals surface area (Å²) in [5, 5.41) is 14.9. The van der Waals surface area contributed by atoms with Crippen LogP contribution in [0.5, 0.6) is 0 Å². The minimum absolute atomic E-state index is 0.0159. The molecule has 2 N–H and O–H groups in total. The number of carbonyl (C=O) groups is 1. The number of rotatable bonds is 4. The molecule has 0 atom stereocenters. The molecule has 0 unspecified atom stereocenters. The van der Waals surface area contributed by atoms with Crippen molar-refractivity contribution in [3.8, 4) is 6.07 Å². The Bertz CT molecular complexity index is 515. The molecule has 5 nitrogen and oxygen atoms in total. The Morgan fingerprint density at radius 3 is 2.85 bits per heavy atom. The molecule has 106 valence electrons. The molecule has 1 aliphatic rings. The fraction of sp³-hybridized carbons (Fsp3) is 0.533. The van der Waals surface area contributed by atoms with Gasteiger partial charge in [-0.3, -0.25) is 4.79 Å². The first-order valence-corrected chi connectivity index (χ1v) is 7.10. The Balaban J connectivity index is 1.82. The molecule has 20 heavy (non-hydrogen) atoms. The maximum absolute atomic E-state index is 11.8. The summed E-state index contributed by atoms with van der Waals surface area (Å²) in [6.45, 7) is 2.03. The summed E-state index contributed by atoms with van der Waals surface area (Å²) in [6, 6.07) is 5.96. The van der Waals surface area contributed by atoms with Crippen LogP contribution in [0.25, 0.3) is 0 Å². The van der Waals surface area contributed by atoms with Crippen LogP contribution in [0.3, 0.4) is 0 Å². The van der Waals surface area contributed by atoms with Gasteiger partial charge in [-0.2, -0.15) is 5.26 Å². The molecule has 0 saturated heterocycles. The van der Waals surface area contributed by atoms with Crippen LogP contribution in [-0.2, 0) is 4.79 Å². The summed E-state index contributed by atoms with van der Waals surface area (Å²) in [5.41, 5.74) is 1.23. The van der Waals surface area contributed by atoms with Crippen LogP contribution in [0.15, 0.2) is 12.1 Å². The van der Waals surface area contributed by atoms with Crippen LogP contribution < -0.4 is 10.6 Å². The van der Waals surface area contributed by atoms with Crippen LogP contribution >= 0.6 is 0 Å². The van der Waals surface area contributed by atoms with Crippen LogP contribution in [0.2, 0.25) is 0 Å². The molecule has 1 aromatic rings. The number of amides is 1. The van der Waals surface area contributed by atoms with Crippen molar-refractivity contribution in [2.24, 2.45) is 0 Å².